The number of hydrogen-bond acceptors (Lipinski definition) is 4. The van der Waals surface area contributed by atoms with E-state index < -0.39 is 0 Å². The topological polar surface area (TPSA) is 56.7 Å². The van der Waals surface area contributed by atoms with E-state index in [2.05, 4.69) is 23.9 Å². The molecule has 0 aliphatic carbocycles. The normalized spacial score (nSPS) is 11.2. The van der Waals surface area contributed by atoms with E-state index in [0.29, 0.717) is 11.6 Å². The van der Waals surface area contributed by atoms with Gasteiger partial charge in [0, 0.05) is 18.3 Å². The maximum atomic E-state index is 5.84. The van der Waals surface area contributed by atoms with Crippen molar-refractivity contribution in [3.05, 3.63) is 16.6 Å². The van der Waals surface area contributed by atoms with E-state index in [9.17, 15) is 0 Å². The van der Waals surface area contributed by atoms with E-state index in [1.807, 2.05) is 12.4 Å². The highest BCUT2D eigenvalue weighted by Gasteiger charge is 2.13. The molecule has 2 rings (SSSR count). The first-order chi connectivity index (χ1) is 7.09. The third kappa shape index (κ3) is 1.74. The summed E-state index contributed by atoms with van der Waals surface area (Å²) in [5.74, 6) is 0.457. The van der Waals surface area contributed by atoms with E-state index in [4.69, 9.17) is 5.73 Å². The van der Waals surface area contributed by atoms with Crippen LogP contribution in [-0.2, 0) is 7.05 Å². The number of thiazole rings is 1. The number of aryl methyl sites for hydroxylation is 1. The van der Waals surface area contributed by atoms with E-state index in [0.717, 1.165) is 16.4 Å². The summed E-state index contributed by atoms with van der Waals surface area (Å²) in [6.45, 7) is 4.27. The Morgan fingerprint density at radius 3 is 2.67 bits per heavy atom. The molecule has 0 unspecified atom stereocenters. The molecule has 2 N–H and O–H groups in total. The summed E-state index contributed by atoms with van der Waals surface area (Å²) in [5, 5.41) is 7.26. The van der Waals surface area contributed by atoms with Gasteiger partial charge in [-0.15, -0.1) is 11.3 Å². The average molecular weight is 222 g/mol. The molecule has 0 amide bonds. The SMILES string of the molecule is CC(C)c1nc(-c2c(N)cnn2C)cs1. The van der Waals surface area contributed by atoms with Crippen LogP contribution < -0.4 is 5.73 Å². The predicted octanol–water partition coefficient (Wildman–Crippen LogP) is 2.25. The zero-order chi connectivity index (χ0) is 11.0. The van der Waals surface area contributed by atoms with Crippen LogP contribution in [0.2, 0.25) is 0 Å². The minimum atomic E-state index is 0.457. The highest BCUT2D eigenvalue weighted by molar-refractivity contribution is 7.10. The second kappa shape index (κ2) is 3.66. The van der Waals surface area contributed by atoms with Crippen molar-refractivity contribution in [1.29, 1.82) is 0 Å². The number of nitrogens with two attached hydrogens (primary N) is 1. The molecule has 0 atom stereocenters. The fraction of sp³-hybridized carbons (Fsp3) is 0.400. The molecule has 0 aromatic carbocycles. The van der Waals surface area contributed by atoms with E-state index in [1.54, 1.807) is 22.2 Å². The van der Waals surface area contributed by atoms with Gasteiger partial charge in [0.25, 0.3) is 0 Å². The first kappa shape index (κ1) is 10.2. The maximum absolute atomic E-state index is 5.84. The van der Waals surface area contributed by atoms with E-state index in [1.165, 1.54) is 0 Å². The molecule has 0 aliphatic heterocycles. The van der Waals surface area contributed by atoms with Gasteiger partial charge in [-0.2, -0.15) is 5.10 Å². The molecule has 0 saturated carbocycles. The van der Waals surface area contributed by atoms with Gasteiger partial charge in [0.1, 0.15) is 11.4 Å². The molecule has 80 valence electrons. The van der Waals surface area contributed by atoms with Crippen LogP contribution in [0, 0.1) is 0 Å². The van der Waals surface area contributed by atoms with Crippen molar-refractivity contribution in [2.45, 2.75) is 19.8 Å². The van der Waals surface area contributed by atoms with Gasteiger partial charge in [-0.3, -0.25) is 4.68 Å². The number of rotatable bonds is 2. The quantitative estimate of drug-likeness (QED) is 0.847. The van der Waals surface area contributed by atoms with Crippen LogP contribution in [-0.4, -0.2) is 14.8 Å². The molecule has 4 nitrogen and oxygen atoms in total. The lowest BCUT2D eigenvalue weighted by Gasteiger charge is -1.99. The maximum Gasteiger partial charge on any atom is 0.110 e. The van der Waals surface area contributed by atoms with Crippen molar-refractivity contribution in [2.24, 2.45) is 7.05 Å². The van der Waals surface area contributed by atoms with Crippen molar-refractivity contribution < 1.29 is 0 Å². The molecule has 15 heavy (non-hydrogen) atoms. The zero-order valence-corrected chi connectivity index (χ0v) is 9.88. The third-order valence-corrected chi connectivity index (χ3v) is 3.37. The predicted molar refractivity (Wildman–Crippen MR) is 62.8 cm³/mol. The first-order valence-corrected chi connectivity index (χ1v) is 5.71. The van der Waals surface area contributed by atoms with E-state index in [-0.39, 0.29) is 0 Å². The number of nitrogens with zero attached hydrogens (tertiary/aromatic N) is 3. The summed E-state index contributed by atoms with van der Waals surface area (Å²) in [4.78, 5) is 4.55. The Morgan fingerprint density at radius 1 is 1.47 bits per heavy atom. The lowest BCUT2D eigenvalue weighted by atomic mass is 10.2. The molecule has 0 radical (unpaired) electrons. The van der Waals surface area contributed by atoms with Crippen LogP contribution in [0.5, 0.6) is 0 Å². The fourth-order valence-electron chi connectivity index (χ4n) is 1.43. The Hall–Kier alpha value is -1.36. The van der Waals surface area contributed by atoms with Gasteiger partial charge in [0.15, 0.2) is 0 Å². The molecular formula is C10H14N4S. The molecule has 2 heterocycles. The Morgan fingerprint density at radius 2 is 2.20 bits per heavy atom. The minimum absolute atomic E-state index is 0.457. The fourth-order valence-corrected chi connectivity index (χ4v) is 2.25. The Bertz CT molecular complexity index is 450. The van der Waals surface area contributed by atoms with Crippen molar-refractivity contribution in [2.75, 3.05) is 5.73 Å². The lowest BCUT2D eigenvalue weighted by Crippen LogP contribution is -1.96. The lowest BCUT2D eigenvalue weighted by molar-refractivity contribution is 0.772. The second-order valence-electron chi connectivity index (χ2n) is 3.80. The molecule has 2 aromatic heterocycles. The molecule has 0 spiro atoms. The van der Waals surface area contributed by atoms with Crippen LogP contribution in [0.3, 0.4) is 0 Å². The van der Waals surface area contributed by atoms with Crippen LogP contribution in [0.4, 0.5) is 5.69 Å². The van der Waals surface area contributed by atoms with Crippen LogP contribution >= 0.6 is 11.3 Å². The summed E-state index contributed by atoms with van der Waals surface area (Å²) < 4.78 is 1.76. The van der Waals surface area contributed by atoms with Gasteiger partial charge < -0.3 is 5.73 Å². The van der Waals surface area contributed by atoms with Gasteiger partial charge >= 0.3 is 0 Å². The van der Waals surface area contributed by atoms with Crippen molar-refractivity contribution in [1.82, 2.24) is 14.8 Å². The molecule has 0 saturated heterocycles. The number of aromatic nitrogens is 3. The molecular weight excluding hydrogens is 208 g/mol. The zero-order valence-electron chi connectivity index (χ0n) is 9.06. The highest BCUT2D eigenvalue weighted by Crippen LogP contribution is 2.28. The van der Waals surface area contributed by atoms with Gasteiger partial charge in [0.2, 0.25) is 0 Å². The Kier molecular flexibility index (Phi) is 2.48. The first-order valence-electron chi connectivity index (χ1n) is 4.83. The standard InChI is InChI=1S/C10H14N4S/c1-6(2)10-13-8(5-15-10)9-7(11)4-12-14(9)3/h4-6H,11H2,1-3H3. The van der Waals surface area contributed by atoms with Gasteiger partial charge in [-0.05, 0) is 0 Å². The molecule has 0 fully saturated rings. The monoisotopic (exact) mass is 222 g/mol. The van der Waals surface area contributed by atoms with Gasteiger partial charge in [-0.1, -0.05) is 13.8 Å². The minimum Gasteiger partial charge on any atom is -0.396 e. The van der Waals surface area contributed by atoms with Crippen LogP contribution in [0.15, 0.2) is 11.6 Å². The second-order valence-corrected chi connectivity index (χ2v) is 4.69. The Balaban J connectivity index is 2.46. The molecule has 0 bridgehead atoms. The largest absolute Gasteiger partial charge is 0.396 e. The summed E-state index contributed by atoms with van der Waals surface area (Å²) in [6, 6.07) is 0. The van der Waals surface area contributed by atoms with Gasteiger partial charge in [-0.25, -0.2) is 4.98 Å². The molecule has 2 aromatic rings. The van der Waals surface area contributed by atoms with Crippen molar-refractivity contribution in [3.8, 4) is 11.4 Å². The van der Waals surface area contributed by atoms with Gasteiger partial charge in [0.05, 0.1) is 16.9 Å². The molecule has 5 heteroatoms. The summed E-state index contributed by atoms with van der Waals surface area (Å²) in [6.07, 6.45) is 1.66. The third-order valence-electron chi connectivity index (χ3n) is 2.23. The number of anilines is 1. The Labute approximate surface area is 92.8 Å². The summed E-state index contributed by atoms with van der Waals surface area (Å²) in [7, 11) is 1.88. The number of nitrogen functional groups attached to an aromatic ring is 1. The number of hydrogen-bond donors (Lipinski definition) is 1. The average Bonchev–Trinajstić information content (AvgIpc) is 2.73. The smallest absolute Gasteiger partial charge is 0.110 e. The van der Waals surface area contributed by atoms with Crippen molar-refractivity contribution in [3.63, 3.8) is 0 Å². The summed E-state index contributed by atoms with van der Waals surface area (Å²) >= 11 is 1.67. The van der Waals surface area contributed by atoms with Crippen LogP contribution in [0.25, 0.3) is 11.4 Å². The van der Waals surface area contributed by atoms with Crippen LogP contribution in [0.1, 0.15) is 24.8 Å². The highest BCUT2D eigenvalue weighted by atomic mass is 32.1. The molecule has 0 aliphatic rings. The van der Waals surface area contributed by atoms with E-state index >= 15 is 0 Å². The summed E-state index contributed by atoms with van der Waals surface area (Å²) in [5.41, 5.74) is 8.34. The van der Waals surface area contributed by atoms with Crippen molar-refractivity contribution >= 4 is 17.0 Å².